The summed E-state index contributed by atoms with van der Waals surface area (Å²) in [6.07, 6.45) is -0.413. The molecule has 0 spiro atoms. The van der Waals surface area contributed by atoms with Crippen molar-refractivity contribution in [2.45, 2.75) is 12.5 Å². The first-order valence-corrected chi connectivity index (χ1v) is 6.13. The number of aliphatic hydroxyl groups is 1. The summed E-state index contributed by atoms with van der Waals surface area (Å²) in [5, 5.41) is 10.0. The molecule has 0 aliphatic rings. The molecule has 3 heteroatoms. The monoisotopic (exact) mass is 294 g/mol. The van der Waals surface area contributed by atoms with Crippen molar-refractivity contribution in [2.24, 2.45) is 0 Å². The number of rotatable bonds is 3. The molecule has 2 rings (SSSR count). The average molecular weight is 295 g/mol. The van der Waals surface area contributed by atoms with E-state index in [0.29, 0.717) is 16.5 Å². The average Bonchev–Trinajstić information content (AvgIpc) is 2.34. The Balaban J connectivity index is 2.20. The van der Waals surface area contributed by atoms with Crippen molar-refractivity contribution < 1.29 is 9.50 Å². The van der Waals surface area contributed by atoms with Gasteiger partial charge in [-0.2, -0.15) is 0 Å². The van der Waals surface area contributed by atoms with Crippen LogP contribution in [0.15, 0.2) is 53.0 Å². The standard InChI is InChI=1S/C14H12BrFO/c15-12-8-4-7-11(14(12)16)13(17)9-10-5-2-1-3-6-10/h1-8,13,17H,9H2. The minimum Gasteiger partial charge on any atom is -0.388 e. The molecule has 0 amide bonds. The van der Waals surface area contributed by atoms with Crippen LogP contribution >= 0.6 is 15.9 Å². The SMILES string of the molecule is OC(Cc1ccccc1)c1cccc(Br)c1F. The summed E-state index contributed by atoms with van der Waals surface area (Å²) in [6.45, 7) is 0. The van der Waals surface area contributed by atoms with Crippen molar-refractivity contribution in [3.8, 4) is 0 Å². The van der Waals surface area contributed by atoms with Crippen LogP contribution in [-0.2, 0) is 6.42 Å². The third kappa shape index (κ3) is 2.93. The van der Waals surface area contributed by atoms with Crippen LogP contribution in [0.25, 0.3) is 0 Å². The highest BCUT2D eigenvalue weighted by Gasteiger charge is 2.14. The van der Waals surface area contributed by atoms with Crippen molar-refractivity contribution in [1.82, 2.24) is 0 Å². The maximum atomic E-state index is 13.7. The van der Waals surface area contributed by atoms with Crippen LogP contribution < -0.4 is 0 Å². The molecule has 1 unspecified atom stereocenters. The fourth-order valence-electron chi connectivity index (χ4n) is 1.73. The highest BCUT2D eigenvalue weighted by atomic mass is 79.9. The normalized spacial score (nSPS) is 12.4. The molecule has 0 bridgehead atoms. The molecular formula is C14H12BrFO. The smallest absolute Gasteiger partial charge is 0.143 e. The van der Waals surface area contributed by atoms with Gasteiger partial charge in [0.25, 0.3) is 0 Å². The van der Waals surface area contributed by atoms with Gasteiger partial charge in [0.1, 0.15) is 5.82 Å². The van der Waals surface area contributed by atoms with Crippen molar-refractivity contribution in [3.05, 3.63) is 69.9 Å². The zero-order valence-corrected chi connectivity index (χ0v) is 10.7. The number of aliphatic hydroxyl groups excluding tert-OH is 1. The Labute approximate surface area is 108 Å². The van der Waals surface area contributed by atoms with Gasteiger partial charge in [-0.3, -0.25) is 0 Å². The van der Waals surface area contributed by atoms with Crippen molar-refractivity contribution in [2.75, 3.05) is 0 Å². The molecule has 2 aromatic carbocycles. The lowest BCUT2D eigenvalue weighted by atomic mass is 10.0. The van der Waals surface area contributed by atoms with E-state index >= 15 is 0 Å². The number of benzene rings is 2. The molecule has 1 atom stereocenters. The lowest BCUT2D eigenvalue weighted by Gasteiger charge is -2.12. The molecule has 0 saturated carbocycles. The minimum absolute atomic E-state index is 0.322. The van der Waals surface area contributed by atoms with Gasteiger partial charge in [0.15, 0.2) is 0 Å². The quantitative estimate of drug-likeness (QED) is 0.911. The van der Waals surface area contributed by atoms with E-state index in [1.54, 1.807) is 18.2 Å². The zero-order valence-electron chi connectivity index (χ0n) is 9.11. The molecular weight excluding hydrogens is 283 g/mol. The van der Waals surface area contributed by atoms with E-state index in [-0.39, 0.29) is 0 Å². The molecule has 0 aliphatic heterocycles. The second-order valence-electron chi connectivity index (χ2n) is 3.85. The van der Waals surface area contributed by atoms with Gasteiger partial charge in [-0.25, -0.2) is 4.39 Å². The van der Waals surface area contributed by atoms with E-state index < -0.39 is 11.9 Å². The van der Waals surface area contributed by atoms with E-state index in [2.05, 4.69) is 15.9 Å². The summed E-state index contributed by atoms with van der Waals surface area (Å²) >= 11 is 3.11. The minimum atomic E-state index is -0.824. The molecule has 0 fully saturated rings. The van der Waals surface area contributed by atoms with Crippen LogP contribution in [-0.4, -0.2) is 5.11 Å². The highest BCUT2D eigenvalue weighted by molar-refractivity contribution is 9.10. The first kappa shape index (κ1) is 12.3. The summed E-state index contributed by atoms with van der Waals surface area (Å²) in [7, 11) is 0. The topological polar surface area (TPSA) is 20.2 Å². The van der Waals surface area contributed by atoms with Crippen LogP contribution in [0.5, 0.6) is 0 Å². The van der Waals surface area contributed by atoms with Gasteiger partial charge in [0.05, 0.1) is 10.6 Å². The second-order valence-corrected chi connectivity index (χ2v) is 4.70. The van der Waals surface area contributed by atoms with Crippen molar-refractivity contribution in [3.63, 3.8) is 0 Å². The summed E-state index contributed by atoms with van der Waals surface area (Å²) < 4.78 is 14.1. The van der Waals surface area contributed by atoms with Crippen LogP contribution in [0.2, 0.25) is 0 Å². The molecule has 0 aliphatic carbocycles. The number of hydrogen-bond donors (Lipinski definition) is 1. The first-order valence-electron chi connectivity index (χ1n) is 5.34. The fraction of sp³-hybridized carbons (Fsp3) is 0.143. The van der Waals surface area contributed by atoms with Crippen LogP contribution in [0.3, 0.4) is 0 Å². The second kappa shape index (κ2) is 5.43. The Kier molecular flexibility index (Phi) is 3.92. The molecule has 1 nitrogen and oxygen atoms in total. The van der Waals surface area contributed by atoms with Gasteiger partial charge < -0.3 is 5.11 Å². The first-order chi connectivity index (χ1) is 8.18. The third-order valence-corrected chi connectivity index (χ3v) is 3.22. The molecule has 0 heterocycles. The van der Waals surface area contributed by atoms with E-state index in [1.807, 2.05) is 30.3 Å². The highest BCUT2D eigenvalue weighted by Crippen LogP contribution is 2.25. The molecule has 2 aromatic rings. The van der Waals surface area contributed by atoms with Gasteiger partial charge in [-0.15, -0.1) is 0 Å². The van der Waals surface area contributed by atoms with Gasteiger partial charge in [0.2, 0.25) is 0 Å². The predicted molar refractivity (Wildman–Crippen MR) is 69.2 cm³/mol. The molecule has 88 valence electrons. The summed E-state index contributed by atoms with van der Waals surface area (Å²) in [5.41, 5.74) is 1.31. The van der Waals surface area contributed by atoms with Crippen LogP contribution in [0.4, 0.5) is 4.39 Å². The van der Waals surface area contributed by atoms with Crippen LogP contribution in [0.1, 0.15) is 17.2 Å². The van der Waals surface area contributed by atoms with Gasteiger partial charge >= 0.3 is 0 Å². The van der Waals surface area contributed by atoms with E-state index in [0.717, 1.165) is 5.56 Å². The Hall–Kier alpha value is -1.19. The largest absolute Gasteiger partial charge is 0.388 e. The molecule has 0 saturated heterocycles. The van der Waals surface area contributed by atoms with Gasteiger partial charge in [-0.05, 0) is 27.6 Å². The lowest BCUT2D eigenvalue weighted by molar-refractivity contribution is 0.173. The molecule has 0 radical (unpaired) electrons. The molecule has 1 N–H and O–H groups in total. The third-order valence-electron chi connectivity index (χ3n) is 2.61. The van der Waals surface area contributed by atoms with Crippen molar-refractivity contribution in [1.29, 1.82) is 0 Å². The summed E-state index contributed by atoms with van der Waals surface area (Å²) in [4.78, 5) is 0. The van der Waals surface area contributed by atoms with E-state index in [4.69, 9.17) is 0 Å². The Morgan fingerprint density at radius 1 is 1.06 bits per heavy atom. The summed E-state index contributed by atoms with van der Waals surface area (Å²) in [6, 6.07) is 14.5. The summed E-state index contributed by atoms with van der Waals surface area (Å²) in [5.74, 6) is -0.393. The Bertz CT molecular complexity index is 499. The van der Waals surface area contributed by atoms with Crippen molar-refractivity contribution >= 4 is 15.9 Å². The van der Waals surface area contributed by atoms with Gasteiger partial charge in [0, 0.05) is 12.0 Å². The van der Waals surface area contributed by atoms with Crippen LogP contribution in [0, 0.1) is 5.82 Å². The van der Waals surface area contributed by atoms with E-state index in [1.165, 1.54) is 0 Å². The van der Waals surface area contributed by atoms with Gasteiger partial charge in [-0.1, -0.05) is 42.5 Å². The molecule has 0 aromatic heterocycles. The lowest BCUT2D eigenvalue weighted by Crippen LogP contribution is -2.04. The maximum absolute atomic E-state index is 13.7. The Morgan fingerprint density at radius 3 is 2.47 bits per heavy atom. The van der Waals surface area contributed by atoms with E-state index in [9.17, 15) is 9.50 Å². The maximum Gasteiger partial charge on any atom is 0.143 e. The predicted octanol–water partition coefficient (Wildman–Crippen LogP) is 3.86. The zero-order chi connectivity index (χ0) is 12.3. The fourth-order valence-corrected chi connectivity index (χ4v) is 2.11. The Morgan fingerprint density at radius 2 is 1.76 bits per heavy atom. The number of halogens is 2. The molecule has 17 heavy (non-hydrogen) atoms. The number of hydrogen-bond acceptors (Lipinski definition) is 1.